The van der Waals surface area contributed by atoms with Gasteiger partial charge in [0.1, 0.15) is 18.8 Å². The van der Waals surface area contributed by atoms with Crippen LogP contribution in [0, 0.1) is 0 Å². The number of nitrogens with one attached hydrogen (secondary N) is 1. The Hall–Kier alpha value is -2.67. The van der Waals surface area contributed by atoms with Gasteiger partial charge in [0.15, 0.2) is 0 Å². The van der Waals surface area contributed by atoms with E-state index in [1.54, 1.807) is 6.07 Å². The van der Waals surface area contributed by atoms with Crippen LogP contribution in [-0.4, -0.2) is 39.3 Å². The monoisotopic (exact) mass is 499 g/mol. The molecule has 200 valence electrons. The number of aromatic nitrogens is 2. The summed E-state index contributed by atoms with van der Waals surface area (Å²) in [6, 6.07) is 4.92. The van der Waals surface area contributed by atoms with E-state index in [1.807, 2.05) is 0 Å². The standard InChI is InChI=1S/C29H45N3O4/c1-3-5-7-9-10-12-14-16-24(15-13-11-8-6-4-2)31-23-36-25-17-18-26(29(34)35)27(21-25)28(33)32-20-19-30-22-32/h17-22,24,31H,3-16,23H2,1-2H3,(H,34,35). The third-order valence-electron chi connectivity index (χ3n) is 6.61. The number of benzene rings is 1. The number of carbonyl (C=O) groups is 2. The lowest BCUT2D eigenvalue weighted by Gasteiger charge is -2.19. The number of carboxylic acids is 1. The molecule has 1 aromatic heterocycles. The molecule has 1 atom stereocenters. The zero-order chi connectivity index (χ0) is 26.0. The lowest BCUT2D eigenvalue weighted by molar-refractivity contribution is 0.0691. The maximum atomic E-state index is 12.8. The van der Waals surface area contributed by atoms with E-state index in [0.29, 0.717) is 18.5 Å². The number of carbonyl (C=O) groups excluding carboxylic acids is 1. The van der Waals surface area contributed by atoms with E-state index in [-0.39, 0.29) is 11.1 Å². The van der Waals surface area contributed by atoms with Gasteiger partial charge in [-0.1, -0.05) is 90.9 Å². The Morgan fingerprint density at radius 3 is 2.08 bits per heavy atom. The predicted molar refractivity (Wildman–Crippen MR) is 144 cm³/mol. The highest BCUT2D eigenvalue weighted by molar-refractivity contribution is 6.05. The summed E-state index contributed by atoms with van der Waals surface area (Å²) < 4.78 is 7.18. The second-order valence-electron chi connectivity index (χ2n) is 9.59. The van der Waals surface area contributed by atoms with Crippen LogP contribution in [-0.2, 0) is 0 Å². The minimum Gasteiger partial charge on any atom is -0.478 e. The van der Waals surface area contributed by atoms with Crippen LogP contribution in [0.2, 0.25) is 0 Å². The van der Waals surface area contributed by atoms with Crippen molar-refractivity contribution in [2.24, 2.45) is 0 Å². The van der Waals surface area contributed by atoms with Gasteiger partial charge in [-0.3, -0.25) is 14.7 Å². The second kappa shape index (κ2) is 17.7. The van der Waals surface area contributed by atoms with Crippen molar-refractivity contribution >= 4 is 11.9 Å². The molecule has 1 unspecified atom stereocenters. The molecule has 0 amide bonds. The quantitative estimate of drug-likeness (QED) is 0.150. The SMILES string of the molecule is CCCCCCCCCC(CCCCCCC)NCOc1ccc(C(=O)O)c(C(=O)n2ccnc2)c1. The van der Waals surface area contributed by atoms with E-state index in [9.17, 15) is 14.7 Å². The van der Waals surface area contributed by atoms with E-state index in [0.717, 1.165) is 12.8 Å². The topological polar surface area (TPSA) is 93.5 Å². The Kier molecular flexibility index (Phi) is 14.5. The summed E-state index contributed by atoms with van der Waals surface area (Å²) in [5, 5.41) is 13.1. The van der Waals surface area contributed by atoms with Gasteiger partial charge < -0.3 is 9.84 Å². The predicted octanol–water partition coefficient (Wildman–Crippen LogP) is 7.07. The first kappa shape index (κ1) is 29.6. The molecule has 1 aromatic carbocycles. The van der Waals surface area contributed by atoms with Gasteiger partial charge in [0.05, 0.1) is 11.1 Å². The summed E-state index contributed by atoms with van der Waals surface area (Å²) in [4.78, 5) is 28.3. The fraction of sp³-hybridized carbons (Fsp3) is 0.621. The van der Waals surface area contributed by atoms with E-state index >= 15 is 0 Å². The molecule has 0 bridgehead atoms. The Morgan fingerprint density at radius 2 is 1.53 bits per heavy atom. The molecule has 0 aliphatic carbocycles. The third-order valence-corrected chi connectivity index (χ3v) is 6.61. The van der Waals surface area contributed by atoms with Crippen LogP contribution >= 0.6 is 0 Å². The van der Waals surface area contributed by atoms with Gasteiger partial charge in [0.25, 0.3) is 5.91 Å². The minimum atomic E-state index is -1.15. The van der Waals surface area contributed by atoms with Crippen molar-refractivity contribution in [2.45, 2.75) is 110 Å². The first-order valence-corrected chi connectivity index (χ1v) is 13.8. The molecule has 1 heterocycles. The number of imidazole rings is 1. The molecular formula is C29H45N3O4. The summed E-state index contributed by atoms with van der Waals surface area (Å²) in [5.74, 6) is -1.14. The van der Waals surface area contributed by atoms with E-state index < -0.39 is 11.9 Å². The van der Waals surface area contributed by atoms with E-state index in [1.165, 1.54) is 112 Å². The van der Waals surface area contributed by atoms with E-state index in [2.05, 4.69) is 24.1 Å². The molecule has 0 aliphatic rings. The van der Waals surface area contributed by atoms with Crippen molar-refractivity contribution in [3.63, 3.8) is 0 Å². The highest BCUT2D eigenvalue weighted by Crippen LogP contribution is 2.20. The molecule has 0 saturated carbocycles. The molecule has 0 fully saturated rings. The average molecular weight is 500 g/mol. The number of unbranched alkanes of at least 4 members (excludes halogenated alkanes) is 10. The molecule has 0 radical (unpaired) electrons. The van der Waals surface area contributed by atoms with Crippen LogP contribution in [0.1, 0.15) is 124 Å². The molecule has 0 aliphatic heterocycles. The summed E-state index contributed by atoms with van der Waals surface area (Å²) in [7, 11) is 0. The van der Waals surface area contributed by atoms with Crippen LogP contribution in [0.4, 0.5) is 0 Å². The van der Waals surface area contributed by atoms with Crippen LogP contribution in [0.15, 0.2) is 36.9 Å². The number of nitrogens with zero attached hydrogens (tertiary/aromatic N) is 2. The fourth-order valence-corrected chi connectivity index (χ4v) is 4.43. The van der Waals surface area contributed by atoms with Crippen LogP contribution in [0.25, 0.3) is 0 Å². The molecule has 0 saturated heterocycles. The van der Waals surface area contributed by atoms with Gasteiger partial charge in [-0.25, -0.2) is 9.78 Å². The summed E-state index contributed by atoms with van der Waals surface area (Å²) in [6.07, 6.45) is 22.0. The van der Waals surface area contributed by atoms with Crippen LogP contribution in [0.3, 0.4) is 0 Å². The molecule has 2 N–H and O–H groups in total. The molecule has 36 heavy (non-hydrogen) atoms. The first-order valence-electron chi connectivity index (χ1n) is 13.8. The maximum Gasteiger partial charge on any atom is 0.336 e. The lowest BCUT2D eigenvalue weighted by Crippen LogP contribution is -2.32. The van der Waals surface area contributed by atoms with E-state index in [4.69, 9.17) is 4.74 Å². The Morgan fingerprint density at radius 1 is 0.917 bits per heavy atom. The summed E-state index contributed by atoms with van der Waals surface area (Å²) in [5.41, 5.74) is 0.0199. The number of rotatable bonds is 20. The van der Waals surface area contributed by atoms with Gasteiger partial charge in [-0.15, -0.1) is 0 Å². The normalized spacial score (nSPS) is 11.9. The average Bonchev–Trinajstić information content (AvgIpc) is 3.42. The van der Waals surface area contributed by atoms with Crippen molar-refractivity contribution < 1.29 is 19.4 Å². The molecule has 7 heteroatoms. The largest absolute Gasteiger partial charge is 0.478 e. The second-order valence-corrected chi connectivity index (χ2v) is 9.59. The summed E-state index contributed by atoms with van der Waals surface area (Å²) in [6.45, 7) is 4.80. The van der Waals surface area contributed by atoms with Crippen molar-refractivity contribution in [1.29, 1.82) is 0 Å². The fourth-order valence-electron chi connectivity index (χ4n) is 4.43. The van der Waals surface area contributed by atoms with Crippen molar-refractivity contribution in [1.82, 2.24) is 14.9 Å². The van der Waals surface area contributed by atoms with Crippen molar-refractivity contribution in [3.05, 3.63) is 48.0 Å². The molecule has 2 aromatic rings. The van der Waals surface area contributed by atoms with Crippen LogP contribution < -0.4 is 10.1 Å². The number of ether oxygens (including phenoxy) is 1. The van der Waals surface area contributed by atoms with Gasteiger partial charge in [-0.2, -0.15) is 0 Å². The zero-order valence-corrected chi connectivity index (χ0v) is 22.2. The lowest BCUT2D eigenvalue weighted by atomic mass is 10.0. The van der Waals surface area contributed by atoms with Crippen LogP contribution in [0.5, 0.6) is 5.75 Å². The third kappa shape index (κ3) is 10.9. The summed E-state index contributed by atoms with van der Waals surface area (Å²) >= 11 is 0. The van der Waals surface area contributed by atoms with Gasteiger partial charge >= 0.3 is 5.97 Å². The molecular weight excluding hydrogens is 454 g/mol. The Balaban J connectivity index is 1.90. The van der Waals surface area contributed by atoms with Gasteiger partial charge in [0.2, 0.25) is 0 Å². The highest BCUT2D eigenvalue weighted by Gasteiger charge is 2.19. The first-order chi connectivity index (χ1) is 17.6. The minimum absolute atomic E-state index is 0.0575. The number of hydrogen-bond donors (Lipinski definition) is 2. The Labute approximate surface area is 216 Å². The van der Waals surface area contributed by atoms with Crippen molar-refractivity contribution in [2.75, 3.05) is 6.73 Å². The zero-order valence-electron chi connectivity index (χ0n) is 22.2. The molecule has 0 spiro atoms. The van der Waals surface area contributed by atoms with Crippen molar-refractivity contribution in [3.8, 4) is 5.75 Å². The number of carboxylic acid groups (broad SMARTS) is 1. The van der Waals surface area contributed by atoms with Gasteiger partial charge in [0, 0.05) is 18.4 Å². The highest BCUT2D eigenvalue weighted by atomic mass is 16.5. The van der Waals surface area contributed by atoms with Gasteiger partial charge in [-0.05, 0) is 31.0 Å². The Bertz CT molecular complexity index is 883. The number of aromatic carboxylic acids is 1. The smallest absolute Gasteiger partial charge is 0.336 e. The maximum absolute atomic E-state index is 12.8. The molecule has 2 rings (SSSR count). The molecule has 7 nitrogen and oxygen atoms in total. The number of hydrogen-bond acceptors (Lipinski definition) is 5.